The predicted octanol–water partition coefficient (Wildman–Crippen LogP) is 5.51. The van der Waals surface area contributed by atoms with Crippen LogP contribution in [-0.2, 0) is 0 Å². The molecule has 0 saturated heterocycles. The smallest absolute Gasteiger partial charge is 0.265 e. The molecule has 1 amide bonds. The average molecular weight is 322 g/mol. The van der Waals surface area contributed by atoms with Crippen LogP contribution >= 0.6 is 34.3 Å². The Balaban J connectivity index is 1.87. The van der Waals surface area contributed by atoms with Crippen LogP contribution in [0.1, 0.15) is 27.5 Å². The Bertz CT molecular complexity index is 731. The summed E-state index contributed by atoms with van der Waals surface area (Å²) < 4.78 is 2.30. The molecule has 3 aromatic rings. The number of halogens is 1. The van der Waals surface area contributed by atoms with Crippen molar-refractivity contribution in [2.75, 3.05) is 5.32 Å². The van der Waals surface area contributed by atoms with Crippen LogP contribution in [0.3, 0.4) is 0 Å². The number of carbonyl (C=O) groups excluding carboxylic acids is 1. The molecular weight excluding hydrogens is 310 g/mol. The number of benzene rings is 1. The maximum atomic E-state index is 12.3. The number of amides is 1. The highest BCUT2D eigenvalue weighted by Gasteiger charge is 2.14. The van der Waals surface area contributed by atoms with Gasteiger partial charge in [-0.25, -0.2) is 0 Å². The van der Waals surface area contributed by atoms with E-state index in [2.05, 4.69) is 5.32 Å². The van der Waals surface area contributed by atoms with Crippen LogP contribution in [0.5, 0.6) is 0 Å². The minimum Gasteiger partial charge on any atom is -0.321 e. The summed E-state index contributed by atoms with van der Waals surface area (Å²) >= 11 is 9.30. The molecule has 102 valence electrons. The maximum absolute atomic E-state index is 12.3. The quantitative estimate of drug-likeness (QED) is 0.633. The van der Waals surface area contributed by atoms with Gasteiger partial charge < -0.3 is 5.32 Å². The first-order valence-electron chi connectivity index (χ1n) is 6.16. The number of fused-ring (bicyclic) bond motifs is 1. The first-order chi connectivity index (χ1) is 9.65. The molecule has 2 aromatic heterocycles. The van der Waals surface area contributed by atoms with Crippen molar-refractivity contribution in [1.29, 1.82) is 0 Å². The number of anilines is 1. The number of carbonyl (C=O) groups is 1. The van der Waals surface area contributed by atoms with Crippen molar-refractivity contribution in [2.24, 2.45) is 0 Å². The van der Waals surface area contributed by atoms with Crippen LogP contribution < -0.4 is 5.32 Å². The Morgan fingerprint density at radius 3 is 2.80 bits per heavy atom. The first-order valence-corrected chi connectivity index (χ1v) is 8.30. The number of rotatable bonds is 3. The second-order valence-electron chi connectivity index (χ2n) is 4.42. The molecule has 1 N–H and O–H groups in total. The molecule has 1 atom stereocenters. The van der Waals surface area contributed by atoms with Crippen molar-refractivity contribution >= 4 is 55.3 Å². The molecule has 0 bridgehead atoms. The van der Waals surface area contributed by atoms with Gasteiger partial charge in [0.25, 0.3) is 5.91 Å². The van der Waals surface area contributed by atoms with Crippen LogP contribution in [0, 0.1) is 0 Å². The van der Waals surface area contributed by atoms with E-state index >= 15 is 0 Å². The molecule has 20 heavy (non-hydrogen) atoms. The molecule has 2 nitrogen and oxygen atoms in total. The SMILES string of the molecule is CC(Cl)c1ccccc1NC(=O)c1cc2sccc2s1. The number of nitrogens with one attached hydrogen (secondary N) is 1. The Labute approximate surface area is 130 Å². The molecule has 0 radical (unpaired) electrons. The molecule has 0 aliphatic heterocycles. The van der Waals surface area contributed by atoms with Crippen LogP contribution in [0.2, 0.25) is 0 Å². The fraction of sp³-hybridized carbons (Fsp3) is 0.133. The highest BCUT2D eigenvalue weighted by atomic mass is 35.5. The Kier molecular flexibility index (Phi) is 3.78. The van der Waals surface area contributed by atoms with E-state index < -0.39 is 0 Å². The van der Waals surface area contributed by atoms with Gasteiger partial charge in [-0.3, -0.25) is 4.79 Å². The van der Waals surface area contributed by atoms with Gasteiger partial charge in [-0.1, -0.05) is 18.2 Å². The lowest BCUT2D eigenvalue weighted by atomic mass is 10.1. The Morgan fingerprint density at radius 2 is 2.05 bits per heavy atom. The van der Waals surface area contributed by atoms with E-state index in [9.17, 15) is 4.79 Å². The van der Waals surface area contributed by atoms with Gasteiger partial charge in [0.05, 0.1) is 10.3 Å². The molecule has 0 aliphatic carbocycles. The zero-order valence-corrected chi connectivity index (χ0v) is 13.1. The van der Waals surface area contributed by atoms with Gasteiger partial charge in [-0.05, 0) is 36.1 Å². The largest absolute Gasteiger partial charge is 0.321 e. The monoisotopic (exact) mass is 321 g/mol. The van der Waals surface area contributed by atoms with Crippen molar-refractivity contribution < 1.29 is 4.79 Å². The van der Waals surface area contributed by atoms with E-state index in [0.29, 0.717) is 0 Å². The van der Waals surface area contributed by atoms with Gasteiger partial charge >= 0.3 is 0 Å². The van der Waals surface area contributed by atoms with Crippen molar-refractivity contribution in [1.82, 2.24) is 0 Å². The summed E-state index contributed by atoms with van der Waals surface area (Å²) in [6.45, 7) is 1.90. The zero-order valence-electron chi connectivity index (χ0n) is 10.7. The molecule has 0 saturated carbocycles. The lowest BCUT2D eigenvalue weighted by molar-refractivity contribution is 0.103. The van der Waals surface area contributed by atoms with E-state index in [1.165, 1.54) is 11.3 Å². The maximum Gasteiger partial charge on any atom is 0.265 e. The van der Waals surface area contributed by atoms with Gasteiger partial charge in [0.15, 0.2) is 0 Å². The standard InChI is InChI=1S/C15H12ClNOS2/c1-9(16)10-4-2-3-5-11(10)17-15(18)14-8-13-12(20-14)6-7-19-13/h2-9H,1H3,(H,17,18). The van der Waals surface area contributed by atoms with Crippen molar-refractivity contribution in [2.45, 2.75) is 12.3 Å². The van der Waals surface area contributed by atoms with Crippen LogP contribution in [-0.4, -0.2) is 5.91 Å². The van der Waals surface area contributed by atoms with Crippen molar-refractivity contribution in [3.63, 3.8) is 0 Å². The number of para-hydroxylation sites is 1. The van der Waals surface area contributed by atoms with E-state index in [1.807, 2.05) is 48.7 Å². The van der Waals surface area contributed by atoms with E-state index in [0.717, 1.165) is 25.5 Å². The van der Waals surface area contributed by atoms with Gasteiger partial charge in [0, 0.05) is 15.1 Å². The average Bonchev–Trinajstić information content (AvgIpc) is 2.99. The predicted molar refractivity (Wildman–Crippen MR) is 88.4 cm³/mol. The molecule has 5 heteroatoms. The molecular formula is C15H12ClNOS2. The highest BCUT2D eigenvalue weighted by molar-refractivity contribution is 7.27. The summed E-state index contributed by atoms with van der Waals surface area (Å²) in [6, 6.07) is 11.6. The van der Waals surface area contributed by atoms with E-state index in [-0.39, 0.29) is 11.3 Å². The summed E-state index contributed by atoms with van der Waals surface area (Å²) in [7, 11) is 0. The van der Waals surface area contributed by atoms with Crippen LogP contribution in [0.25, 0.3) is 9.40 Å². The van der Waals surface area contributed by atoms with E-state index in [1.54, 1.807) is 11.3 Å². The Hall–Kier alpha value is -1.36. The third-order valence-electron chi connectivity index (χ3n) is 3.00. The highest BCUT2D eigenvalue weighted by Crippen LogP contribution is 2.31. The number of hydrogen-bond acceptors (Lipinski definition) is 3. The minimum absolute atomic E-state index is 0.0804. The minimum atomic E-state index is -0.140. The molecule has 0 aliphatic rings. The Morgan fingerprint density at radius 1 is 1.25 bits per heavy atom. The second-order valence-corrected chi connectivity index (χ2v) is 7.10. The fourth-order valence-corrected chi connectivity index (χ4v) is 4.21. The van der Waals surface area contributed by atoms with Gasteiger partial charge in [-0.15, -0.1) is 34.3 Å². The normalized spacial score (nSPS) is 12.5. The lowest BCUT2D eigenvalue weighted by Crippen LogP contribution is -2.11. The third-order valence-corrected chi connectivity index (χ3v) is 5.33. The second kappa shape index (κ2) is 5.56. The molecule has 2 heterocycles. The van der Waals surface area contributed by atoms with Crippen molar-refractivity contribution in [3.05, 3.63) is 52.2 Å². The molecule has 0 spiro atoms. The van der Waals surface area contributed by atoms with E-state index in [4.69, 9.17) is 11.6 Å². The number of hydrogen-bond donors (Lipinski definition) is 1. The van der Waals surface area contributed by atoms with Crippen LogP contribution in [0.15, 0.2) is 41.8 Å². The van der Waals surface area contributed by atoms with Gasteiger partial charge in [0.2, 0.25) is 0 Å². The molecule has 0 fully saturated rings. The van der Waals surface area contributed by atoms with Crippen LogP contribution in [0.4, 0.5) is 5.69 Å². The number of thiophene rings is 2. The summed E-state index contributed by atoms with van der Waals surface area (Å²) in [5.74, 6) is -0.0804. The first kappa shape index (κ1) is 13.6. The number of alkyl halides is 1. The lowest BCUT2D eigenvalue weighted by Gasteiger charge is -2.11. The summed E-state index contributed by atoms with van der Waals surface area (Å²) in [5, 5.41) is 4.85. The summed E-state index contributed by atoms with van der Waals surface area (Å²) in [5.41, 5.74) is 1.71. The van der Waals surface area contributed by atoms with Gasteiger partial charge in [-0.2, -0.15) is 0 Å². The molecule has 3 rings (SSSR count). The topological polar surface area (TPSA) is 29.1 Å². The molecule has 1 aromatic carbocycles. The molecule has 1 unspecified atom stereocenters. The summed E-state index contributed by atoms with van der Waals surface area (Å²) in [6.07, 6.45) is 0. The summed E-state index contributed by atoms with van der Waals surface area (Å²) in [4.78, 5) is 13.0. The third kappa shape index (κ3) is 2.59. The fourth-order valence-electron chi connectivity index (χ4n) is 2.02. The zero-order chi connectivity index (χ0) is 14.1. The van der Waals surface area contributed by atoms with Crippen molar-refractivity contribution in [3.8, 4) is 0 Å². The van der Waals surface area contributed by atoms with Gasteiger partial charge in [0.1, 0.15) is 0 Å².